The lowest BCUT2D eigenvalue weighted by atomic mass is 9.99. The van der Waals surface area contributed by atoms with Gasteiger partial charge in [0.15, 0.2) is 0 Å². The van der Waals surface area contributed by atoms with Crippen LogP contribution in [0.1, 0.15) is 0 Å². The molecule has 9 aromatic carbocycles. The molecule has 0 amide bonds. The van der Waals surface area contributed by atoms with Crippen LogP contribution in [0.2, 0.25) is 0 Å². The van der Waals surface area contributed by atoms with E-state index < -0.39 is 0 Å². The van der Waals surface area contributed by atoms with Crippen LogP contribution in [-0.4, -0.2) is 0 Å². The highest BCUT2D eigenvalue weighted by Gasteiger charge is 2.25. The van der Waals surface area contributed by atoms with E-state index in [4.69, 9.17) is 0 Å². The summed E-state index contributed by atoms with van der Waals surface area (Å²) in [6.07, 6.45) is 0. The molecule has 0 bridgehead atoms. The minimum atomic E-state index is 1.10. The van der Waals surface area contributed by atoms with Crippen molar-refractivity contribution in [1.82, 2.24) is 0 Å². The van der Waals surface area contributed by atoms with E-state index in [1.165, 1.54) is 53.2 Å². The van der Waals surface area contributed by atoms with Crippen LogP contribution in [0.15, 0.2) is 218 Å². The van der Waals surface area contributed by atoms with E-state index in [1.807, 2.05) is 11.3 Å². The molecule has 1 heterocycles. The molecule has 260 valence electrons. The van der Waals surface area contributed by atoms with Gasteiger partial charge in [0, 0.05) is 38.1 Å². The Morgan fingerprint density at radius 3 is 1.55 bits per heavy atom. The smallest absolute Gasteiger partial charge is 0.0642 e. The number of hydrogen-bond donors (Lipinski definition) is 0. The lowest BCUT2D eigenvalue weighted by Gasteiger charge is -2.31. The molecule has 0 radical (unpaired) electrons. The topological polar surface area (TPSA) is 6.48 Å². The zero-order chi connectivity index (χ0) is 36.6. The lowest BCUT2D eigenvalue weighted by molar-refractivity contribution is 1.28. The standard InChI is InChI=1S/C52H36N2S/c1-5-18-37(19-6-1)39-24-17-29-44(34-39)54(47-31-16-15-30-45(47)38-20-7-2-8-21-38)49-33-32-48(53(42-25-9-3-10-26-42)43-27-11-4-12-28-43)51-46-35-40-22-13-14-23-41(40)36-50(46)55-52(49)51/h1-36H. The predicted octanol–water partition coefficient (Wildman–Crippen LogP) is 15.5. The van der Waals surface area contributed by atoms with Gasteiger partial charge in [-0.25, -0.2) is 0 Å². The summed E-state index contributed by atoms with van der Waals surface area (Å²) in [5.74, 6) is 0. The van der Waals surface area contributed by atoms with Gasteiger partial charge in [0.05, 0.1) is 21.8 Å². The maximum Gasteiger partial charge on any atom is 0.0642 e. The zero-order valence-electron chi connectivity index (χ0n) is 30.1. The van der Waals surface area contributed by atoms with E-state index in [1.54, 1.807) is 0 Å². The van der Waals surface area contributed by atoms with Crippen LogP contribution in [0.4, 0.5) is 34.1 Å². The van der Waals surface area contributed by atoms with Crippen molar-refractivity contribution in [3.05, 3.63) is 218 Å². The van der Waals surface area contributed by atoms with Crippen molar-refractivity contribution in [2.45, 2.75) is 0 Å². The summed E-state index contributed by atoms with van der Waals surface area (Å²) in [5.41, 5.74) is 11.5. The van der Waals surface area contributed by atoms with Crippen LogP contribution in [0.25, 0.3) is 53.2 Å². The Kier molecular flexibility index (Phi) is 8.40. The average Bonchev–Trinajstić information content (AvgIpc) is 3.64. The fraction of sp³-hybridized carbons (Fsp3) is 0. The molecule has 0 fully saturated rings. The maximum atomic E-state index is 2.48. The van der Waals surface area contributed by atoms with Gasteiger partial charge in [0.25, 0.3) is 0 Å². The molecular formula is C52H36N2S. The number of para-hydroxylation sites is 3. The second-order valence-electron chi connectivity index (χ2n) is 13.7. The molecule has 2 nitrogen and oxygen atoms in total. The number of fused-ring (bicyclic) bond motifs is 4. The van der Waals surface area contributed by atoms with Crippen LogP contribution in [0.5, 0.6) is 0 Å². The highest BCUT2D eigenvalue weighted by atomic mass is 32.1. The first-order valence-corrected chi connectivity index (χ1v) is 19.5. The van der Waals surface area contributed by atoms with Gasteiger partial charge in [0.2, 0.25) is 0 Å². The molecule has 3 heteroatoms. The largest absolute Gasteiger partial charge is 0.310 e. The molecule has 1 aromatic heterocycles. The fourth-order valence-corrected chi connectivity index (χ4v) is 9.13. The van der Waals surface area contributed by atoms with E-state index in [0.29, 0.717) is 0 Å². The summed E-state index contributed by atoms with van der Waals surface area (Å²) >= 11 is 1.88. The van der Waals surface area contributed by atoms with Crippen molar-refractivity contribution in [3.8, 4) is 22.3 Å². The number of thiophene rings is 1. The number of hydrogen-bond acceptors (Lipinski definition) is 3. The third-order valence-electron chi connectivity index (χ3n) is 10.4. The highest BCUT2D eigenvalue weighted by Crippen LogP contribution is 2.52. The van der Waals surface area contributed by atoms with Gasteiger partial charge in [-0.15, -0.1) is 11.3 Å². The molecular weight excluding hydrogens is 685 g/mol. The Balaban J connectivity index is 1.31. The number of rotatable bonds is 8. The molecule has 10 aromatic rings. The quantitative estimate of drug-likeness (QED) is 0.154. The highest BCUT2D eigenvalue weighted by molar-refractivity contribution is 7.26. The molecule has 0 aliphatic heterocycles. The third-order valence-corrected chi connectivity index (χ3v) is 11.6. The molecule has 0 aliphatic carbocycles. The van der Waals surface area contributed by atoms with Crippen LogP contribution in [-0.2, 0) is 0 Å². The molecule has 0 atom stereocenters. The monoisotopic (exact) mass is 720 g/mol. The Morgan fingerprint density at radius 1 is 0.327 bits per heavy atom. The van der Waals surface area contributed by atoms with Crippen LogP contribution < -0.4 is 9.80 Å². The van der Waals surface area contributed by atoms with E-state index in [2.05, 4.69) is 228 Å². The number of nitrogens with zero attached hydrogens (tertiary/aromatic N) is 2. The van der Waals surface area contributed by atoms with E-state index in [9.17, 15) is 0 Å². The van der Waals surface area contributed by atoms with Crippen LogP contribution in [0, 0.1) is 0 Å². The van der Waals surface area contributed by atoms with Gasteiger partial charge in [-0.2, -0.15) is 0 Å². The van der Waals surface area contributed by atoms with Crippen LogP contribution in [0.3, 0.4) is 0 Å². The van der Waals surface area contributed by atoms with Crippen molar-refractivity contribution >= 4 is 76.4 Å². The second kappa shape index (κ2) is 14.1. The van der Waals surface area contributed by atoms with Gasteiger partial charge in [-0.3, -0.25) is 0 Å². The van der Waals surface area contributed by atoms with E-state index in [0.717, 1.165) is 34.1 Å². The Bertz CT molecular complexity index is 2880. The van der Waals surface area contributed by atoms with Crippen LogP contribution >= 0.6 is 11.3 Å². The Morgan fingerprint density at radius 2 is 0.855 bits per heavy atom. The summed E-state index contributed by atoms with van der Waals surface area (Å²) in [6, 6.07) is 78.8. The lowest BCUT2D eigenvalue weighted by Crippen LogP contribution is -2.13. The van der Waals surface area contributed by atoms with Gasteiger partial charge < -0.3 is 9.80 Å². The Hall–Kier alpha value is -6.94. The fourth-order valence-electron chi connectivity index (χ4n) is 7.87. The first-order chi connectivity index (χ1) is 27.3. The first-order valence-electron chi connectivity index (χ1n) is 18.7. The minimum Gasteiger partial charge on any atom is -0.310 e. The second-order valence-corrected chi connectivity index (χ2v) is 14.8. The summed E-state index contributed by atoms with van der Waals surface area (Å²) in [5, 5.41) is 4.97. The normalized spacial score (nSPS) is 11.3. The number of benzene rings is 9. The molecule has 0 unspecified atom stereocenters. The predicted molar refractivity (Wildman–Crippen MR) is 237 cm³/mol. The molecule has 0 saturated carbocycles. The van der Waals surface area contributed by atoms with Gasteiger partial charge >= 0.3 is 0 Å². The van der Waals surface area contributed by atoms with Crippen molar-refractivity contribution in [3.63, 3.8) is 0 Å². The first kappa shape index (κ1) is 32.7. The van der Waals surface area contributed by atoms with Crippen molar-refractivity contribution in [2.75, 3.05) is 9.80 Å². The van der Waals surface area contributed by atoms with E-state index >= 15 is 0 Å². The summed E-state index contributed by atoms with van der Waals surface area (Å²) < 4.78 is 2.49. The van der Waals surface area contributed by atoms with Gasteiger partial charge in [-0.1, -0.05) is 152 Å². The summed E-state index contributed by atoms with van der Waals surface area (Å²) in [4.78, 5) is 4.89. The summed E-state index contributed by atoms with van der Waals surface area (Å²) in [7, 11) is 0. The SMILES string of the molecule is c1ccc(-c2cccc(N(c3ccccc3-c3ccccc3)c3ccc(N(c4ccccc4)c4ccccc4)c4c3sc3cc5ccccc5cc34)c2)cc1. The molecule has 55 heavy (non-hydrogen) atoms. The van der Waals surface area contributed by atoms with Crippen molar-refractivity contribution < 1.29 is 0 Å². The maximum absolute atomic E-state index is 2.48. The van der Waals surface area contributed by atoms with Crippen molar-refractivity contribution in [1.29, 1.82) is 0 Å². The van der Waals surface area contributed by atoms with Gasteiger partial charge in [-0.05, 0) is 94.2 Å². The Labute approximate surface area is 325 Å². The molecule has 0 N–H and O–H groups in total. The van der Waals surface area contributed by atoms with E-state index in [-0.39, 0.29) is 0 Å². The van der Waals surface area contributed by atoms with Crippen molar-refractivity contribution in [2.24, 2.45) is 0 Å². The van der Waals surface area contributed by atoms with Gasteiger partial charge in [0.1, 0.15) is 0 Å². The minimum absolute atomic E-state index is 1.10. The molecule has 0 aliphatic rings. The molecule has 10 rings (SSSR count). The third kappa shape index (κ3) is 6.01. The average molecular weight is 721 g/mol. The summed E-state index contributed by atoms with van der Waals surface area (Å²) in [6.45, 7) is 0. The molecule has 0 spiro atoms. The number of anilines is 6. The molecule has 0 saturated heterocycles. The zero-order valence-corrected chi connectivity index (χ0v) is 30.9.